The van der Waals surface area contributed by atoms with Gasteiger partial charge in [0.15, 0.2) is 0 Å². The maximum absolute atomic E-state index is 14.1. The van der Waals surface area contributed by atoms with Crippen molar-refractivity contribution in [2.45, 2.75) is 160 Å². The molecule has 506 valence electrons. The molecule has 0 spiro atoms. The van der Waals surface area contributed by atoms with Gasteiger partial charge >= 0.3 is 59.8 Å². The van der Waals surface area contributed by atoms with Gasteiger partial charge in [0.25, 0.3) is 0 Å². The van der Waals surface area contributed by atoms with Gasteiger partial charge in [-0.25, -0.2) is 4.79 Å². The number of likely N-dealkylation sites (tertiary alicyclic amines) is 1. The number of hydrogen-bond donors (Lipinski definition) is 12. The highest BCUT2D eigenvalue weighted by Crippen LogP contribution is 2.68. The molecule has 7 unspecified atom stereocenters. The summed E-state index contributed by atoms with van der Waals surface area (Å²) in [4.78, 5) is 125. The van der Waals surface area contributed by atoms with E-state index in [0.717, 1.165) is 51.7 Å². The Balaban J connectivity index is 1.17. The highest BCUT2D eigenvalue weighted by atomic mass is 16.6. The number of carboxylic acid groups (broad SMARTS) is 9. The highest BCUT2D eigenvalue weighted by Gasteiger charge is 2.64. The lowest BCUT2D eigenvalue weighted by molar-refractivity contribution is -0.175. The number of hydrogen-bond acceptors (Lipinski definition) is 20. The van der Waals surface area contributed by atoms with Gasteiger partial charge in [0.05, 0.1) is 71.9 Å². The first-order chi connectivity index (χ1) is 42.0. The molecule has 0 aromatic carbocycles. The van der Waals surface area contributed by atoms with Crippen LogP contribution in [0, 0.1) is 46.3 Å². The van der Waals surface area contributed by atoms with Gasteiger partial charge in [0.1, 0.15) is 30.4 Å². The summed E-state index contributed by atoms with van der Waals surface area (Å²) in [7, 11) is 0. The first-order valence-electron chi connectivity index (χ1n) is 31.2. The van der Waals surface area contributed by atoms with Gasteiger partial charge in [0.2, 0.25) is 0 Å². The molecule has 5 fully saturated rings. The molecule has 5 aliphatic rings. The number of nitrogens with zero attached hydrogens (tertiary/aromatic N) is 5. The van der Waals surface area contributed by atoms with Crippen LogP contribution in [0.15, 0.2) is 0 Å². The van der Waals surface area contributed by atoms with E-state index in [1.54, 1.807) is 4.90 Å². The summed E-state index contributed by atoms with van der Waals surface area (Å²) in [5.41, 5.74) is -0.330. The van der Waals surface area contributed by atoms with Gasteiger partial charge in [-0.05, 0) is 143 Å². The lowest BCUT2D eigenvalue weighted by Gasteiger charge is -2.62. The standard InChI is InChI=1S/C59H97N7O23/c1-36(10-15-48(68)69)40-13-14-41-39-12-11-37-24-38(16-17-58(37,2)42(39)25-47(67)59(40,41)3)89-57(86)66-26-45(87-34-60-18-6-4-8-43(55(82)83)64(32-53(78)79)22-20-62(28-49(70)71)29-50(72)73)46(27-66)88-35-61-19-7-5-9-44(56(84)85)65(33-54(80)81)23-21-63(30-51(74)75)31-52(76)77/h36-47,60-61,67H,4-35H2,1-3H3,(H,68,69)(H,70,71)(H,72,73)(H,74,75)(H,76,77)(H,78,79)(H,80,81)(H,82,83)(H,84,85)/t36?,37?,38?,39?,40-,41-,42?,43+,44?,45-,46?,47+,58+,59-/m1/s1. The summed E-state index contributed by atoms with van der Waals surface area (Å²) in [6.07, 6.45) is 6.43. The average Bonchev–Trinajstić information content (AvgIpc) is 1.70. The van der Waals surface area contributed by atoms with Crippen molar-refractivity contribution in [2.75, 3.05) is 105 Å². The summed E-state index contributed by atoms with van der Waals surface area (Å²) in [5, 5.41) is 104. The number of aliphatic hydroxyl groups excluding tert-OH is 1. The second-order valence-electron chi connectivity index (χ2n) is 25.7. The molecule has 1 heterocycles. The molecule has 0 aromatic rings. The summed E-state index contributed by atoms with van der Waals surface area (Å²) < 4.78 is 18.8. The third kappa shape index (κ3) is 21.9. The first-order valence-corrected chi connectivity index (χ1v) is 31.2. The van der Waals surface area contributed by atoms with Crippen LogP contribution in [0.2, 0.25) is 0 Å². The van der Waals surface area contributed by atoms with Crippen LogP contribution in [-0.4, -0.2) is 277 Å². The fourth-order valence-corrected chi connectivity index (χ4v) is 15.6. The fourth-order valence-electron chi connectivity index (χ4n) is 15.6. The molecular formula is C59H97N7O23. The third-order valence-electron chi connectivity index (χ3n) is 20.0. The van der Waals surface area contributed by atoms with Crippen LogP contribution < -0.4 is 10.6 Å². The normalized spacial score (nSPS) is 27.6. The lowest BCUT2D eigenvalue weighted by Crippen LogP contribution is -2.59. The van der Waals surface area contributed by atoms with Crippen molar-refractivity contribution in [3.63, 3.8) is 0 Å². The molecule has 14 atom stereocenters. The smallest absolute Gasteiger partial charge is 0.410 e. The van der Waals surface area contributed by atoms with Gasteiger partial charge < -0.3 is 70.2 Å². The Morgan fingerprint density at radius 2 is 1.02 bits per heavy atom. The predicted molar refractivity (Wildman–Crippen MR) is 312 cm³/mol. The zero-order chi connectivity index (χ0) is 65.8. The Morgan fingerprint density at radius 3 is 1.46 bits per heavy atom. The van der Waals surface area contributed by atoms with E-state index in [-0.39, 0.29) is 107 Å². The number of aliphatic carboxylic acids is 9. The largest absolute Gasteiger partial charge is 0.481 e. The summed E-state index contributed by atoms with van der Waals surface area (Å²) in [6, 6.07) is -2.55. The molecule has 1 amide bonds. The van der Waals surface area contributed by atoms with Gasteiger partial charge in [0, 0.05) is 32.6 Å². The molecule has 0 radical (unpaired) electrons. The van der Waals surface area contributed by atoms with Crippen LogP contribution in [0.5, 0.6) is 0 Å². The van der Waals surface area contributed by atoms with Crippen molar-refractivity contribution in [1.29, 1.82) is 0 Å². The van der Waals surface area contributed by atoms with Crippen LogP contribution in [0.25, 0.3) is 0 Å². The molecule has 12 N–H and O–H groups in total. The molecule has 1 saturated heterocycles. The molecule has 30 nitrogen and oxygen atoms in total. The topological polar surface area (TPSA) is 441 Å². The SMILES string of the molecule is CC(CCC(=O)O)[C@H]1CC[C@@H]2C3CCC4CC(OC(=O)N5CC(OCNCCCCC(C(=O)O)N(CCN(CC(=O)O)CC(=O)O)CC(=O)O)[C@H](OCNCCCC[C@@H](C(=O)O)N(CCN(CC(=O)O)CC(=O)O)CC(=O)O)C5)CC[C@]4(C)C3C[C@H](O)[C@]12C. The zero-order valence-electron chi connectivity index (χ0n) is 51.6. The molecule has 5 rings (SSSR count). The number of aliphatic hydroxyl groups is 1. The van der Waals surface area contributed by atoms with E-state index in [1.165, 1.54) is 0 Å². The van der Waals surface area contributed by atoms with E-state index in [9.17, 15) is 99.0 Å². The van der Waals surface area contributed by atoms with Gasteiger partial charge in [-0.3, -0.25) is 73.4 Å². The van der Waals surface area contributed by atoms with Crippen molar-refractivity contribution in [3.05, 3.63) is 0 Å². The quantitative estimate of drug-likeness (QED) is 0.0306. The molecule has 0 aromatic heterocycles. The molecule has 89 heavy (non-hydrogen) atoms. The number of amides is 1. The monoisotopic (exact) mass is 1270 g/mol. The number of carboxylic acids is 9. The molecule has 1 aliphatic heterocycles. The minimum Gasteiger partial charge on any atom is -0.481 e. The van der Waals surface area contributed by atoms with Crippen LogP contribution in [-0.2, 0) is 57.4 Å². The fraction of sp³-hybridized carbons (Fsp3) is 0.831. The van der Waals surface area contributed by atoms with Crippen molar-refractivity contribution < 1.29 is 113 Å². The van der Waals surface area contributed by atoms with Crippen molar-refractivity contribution >= 4 is 59.8 Å². The summed E-state index contributed by atoms with van der Waals surface area (Å²) >= 11 is 0. The average molecular weight is 1270 g/mol. The second-order valence-corrected chi connectivity index (χ2v) is 25.7. The predicted octanol–water partition coefficient (Wildman–Crippen LogP) is 1.76. The summed E-state index contributed by atoms with van der Waals surface area (Å²) in [6.45, 7) is 2.77. The molecule has 4 saturated carbocycles. The van der Waals surface area contributed by atoms with Gasteiger partial charge in [-0.1, -0.05) is 33.6 Å². The Morgan fingerprint density at radius 1 is 0.551 bits per heavy atom. The molecule has 4 aliphatic carbocycles. The zero-order valence-corrected chi connectivity index (χ0v) is 51.6. The Kier molecular flexibility index (Phi) is 29.1. The van der Waals surface area contributed by atoms with Crippen molar-refractivity contribution in [2.24, 2.45) is 46.3 Å². The Labute approximate surface area is 518 Å². The Hall–Kier alpha value is -5.86. The van der Waals surface area contributed by atoms with Gasteiger partial charge in [-0.15, -0.1) is 0 Å². The number of ether oxygens (including phenoxy) is 3. The van der Waals surface area contributed by atoms with E-state index < -0.39 is 129 Å². The van der Waals surface area contributed by atoms with E-state index >= 15 is 0 Å². The maximum atomic E-state index is 14.1. The lowest BCUT2D eigenvalue weighted by atomic mass is 9.43. The third-order valence-corrected chi connectivity index (χ3v) is 20.0. The number of carbonyl (C=O) groups is 10. The van der Waals surface area contributed by atoms with E-state index in [1.807, 2.05) is 0 Å². The maximum Gasteiger partial charge on any atom is 0.410 e. The van der Waals surface area contributed by atoms with E-state index in [2.05, 4.69) is 31.4 Å². The van der Waals surface area contributed by atoms with E-state index in [4.69, 9.17) is 14.2 Å². The number of carbonyl (C=O) groups excluding carboxylic acids is 1. The van der Waals surface area contributed by atoms with Crippen molar-refractivity contribution in [1.82, 2.24) is 35.1 Å². The molecular weight excluding hydrogens is 1170 g/mol. The minimum atomic E-state index is -1.32. The van der Waals surface area contributed by atoms with Gasteiger partial charge in [-0.2, -0.15) is 0 Å². The number of fused-ring (bicyclic) bond motifs is 5. The minimum absolute atomic E-state index is 0.0116. The second kappa shape index (κ2) is 35.1. The summed E-state index contributed by atoms with van der Waals surface area (Å²) in [5.74, 6) is -9.46. The number of rotatable bonds is 43. The Bertz CT molecular complexity index is 2280. The van der Waals surface area contributed by atoms with E-state index in [0.29, 0.717) is 82.2 Å². The number of nitrogens with one attached hydrogen (secondary N) is 2. The first kappa shape index (κ1) is 73.9. The highest BCUT2D eigenvalue weighted by molar-refractivity contribution is 5.77. The molecule has 30 heteroatoms. The van der Waals surface area contributed by atoms with Crippen LogP contribution in [0.1, 0.15) is 124 Å². The van der Waals surface area contributed by atoms with Crippen molar-refractivity contribution in [3.8, 4) is 0 Å². The van der Waals surface area contributed by atoms with Crippen LogP contribution in [0.3, 0.4) is 0 Å². The number of unbranched alkanes of at least 4 members (excludes halogenated alkanes) is 2. The molecule has 0 bridgehead atoms. The van der Waals surface area contributed by atoms with Crippen LogP contribution >= 0.6 is 0 Å². The van der Waals surface area contributed by atoms with Crippen LogP contribution in [0.4, 0.5) is 4.79 Å².